The second-order valence-corrected chi connectivity index (χ2v) is 8.32. The number of nitrogens with zero attached hydrogens (tertiary/aromatic N) is 2. The summed E-state index contributed by atoms with van der Waals surface area (Å²) in [6.45, 7) is 9.37. The molecule has 6 heteroatoms. The van der Waals surface area contributed by atoms with Gasteiger partial charge < -0.3 is 10.0 Å². The first-order chi connectivity index (χ1) is 9.26. The number of hydrogen-bond donors (Lipinski definition) is 1. The summed E-state index contributed by atoms with van der Waals surface area (Å²) in [6, 6.07) is 1.94. The van der Waals surface area contributed by atoms with E-state index in [-0.39, 0.29) is 5.91 Å². The Hall–Kier alpha value is -0.430. The molecule has 0 atom stereocenters. The molecule has 1 aliphatic rings. The summed E-state index contributed by atoms with van der Waals surface area (Å²) in [6.07, 6.45) is 0. The van der Waals surface area contributed by atoms with Crippen LogP contribution < -0.4 is 0 Å². The van der Waals surface area contributed by atoms with Crippen LogP contribution in [0.3, 0.4) is 0 Å². The fraction of sp³-hybridized carbons (Fsp3) is 0.643. The summed E-state index contributed by atoms with van der Waals surface area (Å²) in [7, 11) is 0. The zero-order chi connectivity index (χ0) is 14.9. The highest BCUT2D eigenvalue weighted by Crippen LogP contribution is 2.28. The van der Waals surface area contributed by atoms with Crippen LogP contribution in [0.2, 0.25) is 0 Å². The highest BCUT2D eigenvalue weighted by Gasteiger charge is 2.26. The molecule has 20 heavy (non-hydrogen) atoms. The van der Waals surface area contributed by atoms with Crippen molar-refractivity contribution in [3.63, 3.8) is 0 Å². The van der Waals surface area contributed by atoms with Gasteiger partial charge in [-0.05, 0) is 48.3 Å². The molecule has 1 aromatic rings. The maximum absolute atomic E-state index is 12.4. The van der Waals surface area contributed by atoms with Crippen LogP contribution in [0.4, 0.5) is 0 Å². The van der Waals surface area contributed by atoms with Crippen molar-refractivity contribution < 1.29 is 9.90 Å². The number of carbonyl (C=O) groups excluding carboxylic acids is 1. The van der Waals surface area contributed by atoms with Crippen molar-refractivity contribution in [1.82, 2.24) is 9.80 Å². The summed E-state index contributed by atoms with van der Waals surface area (Å²) in [5.74, 6) is 0.117. The Balaban J connectivity index is 1.92. The summed E-state index contributed by atoms with van der Waals surface area (Å²) in [4.78, 5) is 17.3. The van der Waals surface area contributed by atoms with E-state index in [1.54, 1.807) is 0 Å². The van der Waals surface area contributed by atoms with Crippen molar-refractivity contribution >= 4 is 33.2 Å². The molecule has 0 unspecified atom stereocenters. The van der Waals surface area contributed by atoms with Gasteiger partial charge in [-0.3, -0.25) is 9.69 Å². The topological polar surface area (TPSA) is 43.8 Å². The van der Waals surface area contributed by atoms with Crippen LogP contribution in [0.25, 0.3) is 0 Å². The Labute approximate surface area is 132 Å². The quantitative estimate of drug-likeness (QED) is 0.899. The fourth-order valence-electron chi connectivity index (χ4n) is 2.38. The summed E-state index contributed by atoms with van der Waals surface area (Å²) >= 11 is 4.96. The number of β-amino-alcohol motifs (C(OH)–C–C–N with tert-alkyl or cyclic N) is 1. The van der Waals surface area contributed by atoms with Crippen molar-refractivity contribution in [3.8, 4) is 0 Å². The zero-order valence-corrected chi connectivity index (χ0v) is 14.6. The first-order valence-electron chi connectivity index (χ1n) is 6.76. The largest absolute Gasteiger partial charge is 0.389 e. The van der Waals surface area contributed by atoms with Crippen molar-refractivity contribution in [2.45, 2.75) is 26.4 Å². The molecule has 0 radical (unpaired) electrons. The van der Waals surface area contributed by atoms with E-state index in [1.165, 1.54) is 11.3 Å². The van der Waals surface area contributed by atoms with Crippen LogP contribution in [-0.2, 0) is 0 Å². The number of aliphatic hydroxyl groups is 1. The summed E-state index contributed by atoms with van der Waals surface area (Å²) in [5.41, 5.74) is 0.432. The SMILES string of the molecule is Cc1cc(C(=O)N2CCN(CC(C)(C)O)CC2)sc1Br. The lowest BCUT2D eigenvalue weighted by Crippen LogP contribution is -2.51. The first-order valence-corrected chi connectivity index (χ1v) is 8.37. The molecule has 4 nitrogen and oxygen atoms in total. The van der Waals surface area contributed by atoms with Crippen LogP contribution in [0.15, 0.2) is 9.85 Å². The zero-order valence-electron chi connectivity index (χ0n) is 12.1. The van der Waals surface area contributed by atoms with Gasteiger partial charge in [0.2, 0.25) is 0 Å². The molecular weight excluding hydrogens is 340 g/mol. The third-order valence-electron chi connectivity index (χ3n) is 3.34. The van der Waals surface area contributed by atoms with Crippen molar-refractivity contribution in [2.24, 2.45) is 0 Å². The molecule has 1 aliphatic heterocycles. The van der Waals surface area contributed by atoms with Crippen LogP contribution in [-0.4, -0.2) is 59.1 Å². The second-order valence-electron chi connectivity index (χ2n) is 5.95. The van der Waals surface area contributed by atoms with E-state index < -0.39 is 5.60 Å². The Kier molecular flexibility index (Phi) is 4.89. The maximum atomic E-state index is 12.4. The summed E-state index contributed by atoms with van der Waals surface area (Å²) in [5, 5.41) is 9.83. The minimum absolute atomic E-state index is 0.117. The van der Waals surface area contributed by atoms with Gasteiger partial charge >= 0.3 is 0 Å². The van der Waals surface area contributed by atoms with Crippen LogP contribution in [0.1, 0.15) is 29.1 Å². The third kappa shape index (κ3) is 4.04. The second kappa shape index (κ2) is 6.13. The lowest BCUT2D eigenvalue weighted by Gasteiger charge is -2.37. The number of piperazine rings is 1. The molecule has 1 fully saturated rings. The number of halogens is 1. The number of amides is 1. The van der Waals surface area contributed by atoms with Crippen molar-refractivity contribution in [2.75, 3.05) is 32.7 Å². The van der Waals surface area contributed by atoms with Gasteiger partial charge in [0.25, 0.3) is 5.91 Å². The monoisotopic (exact) mass is 360 g/mol. The summed E-state index contributed by atoms with van der Waals surface area (Å²) < 4.78 is 1.03. The van der Waals surface area contributed by atoms with E-state index in [4.69, 9.17) is 0 Å². The highest BCUT2D eigenvalue weighted by atomic mass is 79.9. The molecule has 0 saturated carbocycles. The number of thiophene rings is 1. The number of rotatable bonds is 3. The van der Waals surface area contributed by atoms with E-state index in [1.807, 2.05) is 31.7 Å². The van der Waals surface area contributed by atoms with E-state index in [0.29, 0.717) is 6.54 Å². The predicted molar refractivity (Wildman–Crippen MR) is 85.4 cm³/mol. The van der Waals surface area contributed by atoms with E-state index in [9.17, 15) is 9.90 Å². The fourth-order valence-corrected chi connectivity index (χ4v) is 3.88. The molecule has 1 amide bonds. The number of aryl methyl sites for hydroxylation is 1. The molecule has 2 heterocycles. The van der Waals surface area contributed by atoms with Gasteiger partial charge in [0, 0.05) is 32.7 Å². The van der Waals surface area contributed by atoms with Gasteiger partial charge in [0.15, 0.2) is 0 Å². The Morgan fingerprint density at radius 3 is 2.45 bits per heavy atom. The van der Waals surface area contributed by atoms with Crippen LogP contribution in [0, 0.1) is 6.92 Å². The molecule has 0 spiro atoms. The molecule has 1 aromatic heterocycles. The smallest absolute Gasteiger partial charge is 0.264 e. The molecule has 0 bridgehead atoms. The Bertz CT molecular complexity index is 468. The van der Waals surface area contributed by atoms with Crippen molar-refractivity contribution in [1.29, 1.82) is 0 Å². The van der Waals surface area contributed by atoms with Gasteiger partial charge in [-0.1, -0.05) is 0 Å². The standard InChI is InChI=1S/C14H21BrN2O2S/c1-10-8-11(20-12(10)15)13(18)17-6-4-16(5-7-17)9-14(2,3)19/h8,19H,4-7,9H2,1-3H3. The lowest BCUT2D eigenvalue weighted by atomic mass is 10.1. The molecule has 2 rings (SSSR count). The normalized spacial score (nSPS) is 17.6. The van der Waals surface area contributed by atoms with E-state index in [0.717, 1.165) is 40.4 Å². The molecule has 112 valence electrons. The van der Waals surface area contributed by atoms with Crippen molar-refractivity contribution in [3.05, 3.63) is 20.3 Å². The molecular formula is C14H21BrN2O2S. The number of hydrogen-bond acceptors (Lipinski definition) is 4. The van der Waals surface area contributed by atoms with Crippen LogP contribution in [0.5, 0.6) is 0 Å². The maximum Gasteiger partial charge on any atom is 0.264 e. The predicted octanol–water partition coefficient (Wildman–Crippen LogP) is 2.35. The van der Waals surface area contributed by atoms with E-state index in [2.05, 4.69) is 20.8 Å². The van der Waals surface area contributed by atoms with Gasteiger partial charge in [0.1, 0.15) is 0 Å². The molecule has 1 N–H and O–H groups in total. The molecule has 0 aromatic carbocycles. The molecule has 0 aliphatic carbocycles. The Morgan fingerprint density at radius 1 is 1.40 bits per heavy atom. The minimum atomic E-state index is -0.679. The lowest BCUT2D eigenvalue weighted by molar-refractivity contribution is 0.0179. The average Bonchev–Trinajstić information content (AvgIpc) is 2.68. The van der Waals surface area contributed by atoms with Gasteiger partial charge in [0.05, 0.1) is 14.3 Å². The highest BCUT2D eigenvalue weighted by molar-refractivity contribution is 9.11. The van der Waals surface area contributed by atoms with E-state index >= 15 is 0 Å². The number of carbonyl (C=O) groups is 1. The van der Waals surface area contributed by atoms with Gasteiger partial charge in [-0.15, -0.1) is 11.3 Å². The minimum Gasteiger partial charge on any atom is -0.389 e. The molecule has 1 saturated heterocycles. The van der Waals surface area contributed by atoms with Gasteiger partial charge in [-0.25, -0.2) is 0 Å². The third-order valence-corrected chi connectivity index (χ3v) is 5.46. The first kappa shape index (κ1) is 15.9. The van der Waals surface area contributed by atoms with Gasteiger partial charge in [-0.2, -0.15) is 0 Å². The average molecular weight is 361 g/mol. The Morgan fingerprint density at radius 2 is 2.00 bits per heavy atom. The van der Waals surface area contributed by atoms with Crippen LogP contribution >= 0.6 is 27.3 Å².